The molecular formula is C15H16F3N3OS2. The molecule has 0 saturated heterocycles. The highest BCUT2D eigenvalue weighted by Gasteiger charge is 2.30. The van der Waals surface area contributed by atoms with Crippen molar-refractivity contribution in [1.29, 1.82) is 0 Å². The number of benzene rings is 1. The lowest BCUT2D eigenvalue weighted by molar-refractivity contribution is -0.137. The molecule has 24 heavy (non-hydrogen) atoms. The Balaban J connectivity index is 1.88. The average molecular weight is 375 g/mol. The van der Waals surface area contributed by atoms with Gasteiger partial charge >= 0.3 is 6.18 Å². The molecule has 0 bridgehead atoms. The zero-order chi connectivity index (χ0) is 17.7. The first-order valence-electron chi connectivity index (χ1n) is 7.16. The van der Waals surface area contributed by atoms with E-state index in [0.717, 1.165) is 35.3 Å². The number of carbonyl (C=O) groups is 1. The van der Waals surface area contributed by atoms with Crippen molar-refractivity contribution < 1.29 is 18.0 Å². The molecule has 1 aromatic carbocycles. The van der Waals surface area contributed by atoms with Gasteiger partial charge in [0.25, 0.3) is 0 Å². The van der Waals surface area contributed by atoms with Gasteiger partial charge in [0.1, 0.15) is 5.01 Å². The summed E-state index contributed by atoms with van der Waals surface area (Å²) in [6.07, 6.45) is -3.61. The lowest BCUT2D eigenvalue weighted by atomic mass is 10.1. The van der Waals surface area contributed by atoms with Crippen LogP contribution in [-0.4, -0.2) is 21.9 Å². The number of alkyl halides is 3. The van der Waals surface area contributed by atoms with Crippen molar-refractivity contribution >= 4 is 34.1 Å². The molecule has 0 unspecified atom stereocenters. The molecule has 0 radical (unpaired) electrons. The molecule has 2 aromatic rings. The third kappa shape index (κ3) is 5.79. The fourth-order valence-electron chi connectivity index (χ4n) is 1.80. The van der Waals surface area contributed by atoms with E-state index in [1.165, 1.54) is 17.4 Å². The molecule has 1 amide bonds. The number of nitrogens with zero attached hydrogens (tertiary/aromatic N) is 2. The molecule has 2 rings (SSSR count). The maximum Gasteiger partial charge on any atom is 0.416 e. The van der Waals surface area contributed by atoms with Gasteiger partial charge in [-0.25, -0.2) is 0 Å². The Morgan fingerprint density at radius 1 is 1.33 bits per heavy atom. The van der Waals surface area contributed by atoms with Gasteiger partial charge < -0.3 is 0 Å². The Morgan fingerprint density at radius 3 is 2.75 bits per heavy atom. The van der Waals surface area contributed by atoms with Crippen molar-refractivity contribution in [3.05, 3.63) is 34.8 Å². The largest absolute Gasteiger partial charge is 0.416 e. The highest BCUT2D eigenvalue weighted by molar-refractivity contribution is 8.00. The molecule has 9 heteroatoms. The highest BCUT2D eigenvalue weighted by Crippen LogP contribution is 2.31. The standard InChI is InChI=1S/C15H16F3N3OS2/c1-9(2)6-13-20-21-14(24-13)19-12(22)8-23-11-5-3-4-10(7-11)15(16,17)18/h3-5,7,9H,6,8H2,1-2H3,(H,19,21,22). The van der Waals surface area contributed by atoms with Gasteiger partial charge in [-0.2, -0.15) is 13.2 Å². The van der Waals surface area contributed by atoms with Crippen LogP contribution in [0.25, 0.3) is 0 Å². The van der Waals surface area contributed by atoms with Crippen LogP contribution in [-0.2, 0) is 17.4 Å². The summed E-state index contributed by atoms with van der Waals surface area (Å²) in [6.45, 7) is 4.12. The van der Waals surface area contributed by atoms with E-state index >= 15 is 0 Å². The maximum absolute atomic E-state index is 12.6. The van der Waals surface area contributed by atoms with Gasteiger partial charge in [0, 0.05) is 11.3 Å². The van der Waals surface area contributed by atoms with Gasteiger partial charge in [0.15, 0.2) is 0 Å². The summed E-state index contributed by atoms with van der Waals surface area (Å²) < 4.78 is 37.9. The van der Waals surface area contributed by atoms with Crippen molar-refractivity contribution in [2.24, 2.45) is 5.92 Å². The second-order valence-corrected chi connectivity index (χ2v) is 7.57. The van der Waals surface area contributed by atoms with Crippen molar-refractivity contribution in [3.63, 3.8) is 0 Å². The van der Waals surface area contributed by atoms with E-state index in [4.69, 9.17) is 0 Å². The zero-order valence-electron chi connectivity index (χ0n) is 13.1. The zero-order valence-corrected chi connectivity index (χ0v) is 14.7. The molecule has 1 aromatic heterocycles. The molecule has 0 aliphatic carbocycles. The average Bonchev–Trinajstić information content (AvgIpc) is 2.91. The molecule has 0 saturated carbocycles. The number of rotatable bonds is 6. The lowest BCUT2D eigenvalue weighted by Crippen LogP contribution is -2.13. The van der Waals surface area contributed by atoms with E-state index < -0.39 is 11.7 Å². The molecule has 130 valence electrons. The van der Waals surface area contributed by atoms with Crippen LogP contribution in [0.5, 0.6) is 0 Å². The Morgan fingerprint density at radius 2 is 2.08 bits per heavy atom. The number of carbonyl (C=O) groups excluding carboxylic acids is 1. The van der Waals surface area contributed by atoms with E-state index in [0.29, 0.717) is 15.9 Å². The number of halogens is 3. The smallest absolute Gasteiger partial charge is 0.300 e. The fourth-order valence-corrected chi connectivity index (χ4v) is 3.53. The van der Waals surface area contributed by atoms with Crippen LogP contribution < -0.4 is 5.32 Å². The number of nitrogens with one attached hydrogen (secondary N) is 1. The summed E-state index contributed by atoms with van der Waals surface area (Å²) >= 11 is 2.34. The second kappa shape index (κ2) is 7.98. The molecule has 0 atom stereocenters. The first-order chi connectivity index (χ1) is 11.2. The number of hydrogen-bond donors (Lipinski definition) is 1. The third-order valence-electron chi connectivity index (χ3n) is 2.83. The Kier molecular flexibility index (Phi) is 6.22. The van der Waals surface area contributed by atoms with Crippen molar-refractivity contribution in [3.8, 4) is 0 Å². The van der Waals surface area contributed by atoms with Crippen LogP contribution >= 0.6 is 23.1 Å². The third-order valence-corrected chi connectivity index (χ3v) is 4.68. The lowest BCUT2D eigenvalue weighted by Gasteiger charge is -2.08. The van der Waals surface area contributed by atoms with Crippen LogP contribution in [0, 0.1) is 5.92 Å². The topological polar surface area (TPSA) is 54.9 Å². The first kappa shape index (κ1) is 18.7. The number of amides is 1. The van der Waals surface area contributed by atoms with Gasteiger partial charge in [0.2, 0.25) is 11.0 Å². The quantitative estimate of drug-likeness (QED) is 0.756. The van der Waals surface area contributed by atoms with Gasteiger partial charge in [0.05, 0.1) is 11.3 Å². The van der Waals surface area contributed by atoms with Crippen molar-refractivity contribution in [2.45, 2.75) is 31.3 Å². The Bertz CT molecular complexity index is 701. The van der Waals surface area contributed by atoms with Gasteiger partial charge in [-0.15, -0.1) is 22.0 Å². The van der Waals surface area contributed by atoms with Crippen LogP contribution in [0.3, 0.4) is 0 Å². The summed E-state index contributed by atoms with van der Waals surface area (Å²) in [7, 11) is 0. The highest BCUT2D eigenvalue weighted by atomic mass is 32.2. The number of aromatic nitrogens is 2. The van der Waals surface area contributed by atoms with E-state index in [2.05, 4.69) is 29.4 Å². The first-order valence-corrected chi connectivity index (χ1v) is 8.96. The number of thioether (sulfide) groups is 1. The van der Waals surface area contributed by atoms with Crippen molar-refractivity contribution in [2.75, 3.05) is 11.1 Å². The molecule has 0 aliphatic heterocycles. The fraction of sp³-hybridized carbons (Fsp3) is 0.400. The minimum absolute atomic E-state index is 0.000401. The SMILES string of the molecule is CC(C)Cc1nnc(NC(=O)CSc2cccc(C(F)(F)F)c2)s1. The van der Waals surface area contributed by atoms with E-state index in [1.54, 1.807) is 6.07 Å². The summed E-state index contributed by atoms with van der Waals surface area (Å²) in [5.41, 5.74) is -0.727. The van der Waals surface area contributed by atoms with Crippen LogP contribution in [0.15, 0.2) is 29.2 Å². The summed E-state index contributed by atoms with van der Waals surface area (Å²) in [4.78, 5) is 12.3. The summed E-state index contributed by atoms with van der Waals surface area (Å²) in [5.74, 6) is 0.114. The molecular weight excluding hydrogens is 359 g/mol. The van der Waals surface area contributed by atoms with Gasteiger partial charge in [-0.05, 0) is 24.1 Å². The molecule has 1 heterocycles. The van der Waals surface area contributed by atoms with Gasteiger partial charge in [-0.3, -0.25) is 10.1 Å². The predicted octanol–water partition coefficient (Wildman–Crippen LogP) is 4.49. The normalized spacial score (nSPS) is 11.8. The predicted molar refractivity (Wildman–Crippen MR) is 89.2 cm³/mol. The van der Waals surface area contributed by atoms with Crippen molar-refractivity contribution in [1.82, 2.24) is 10.2 Å². The van der Waals surface area contributed by atoms with E-state index in [9.17, 15) is 18.0 Å². The minimum atomic E-state index is -4.39. The molecule has 0 aliphatic rings. The van der Waals surface area contributed by atoms with Crippen LogP contribution in [0.2, 0.25) is 0 Å². The second-order valence-electron chi connectivity index (χ2n) is 5.46. The van der Waals surface area contributed by atoms with E-state index in [-0.39, 0.29) is 11.7 Å². The van der Waals surface area contributed by atoms with Crippen LogP contribution in [0.4, 0.5) is 18.3 Å². The number of anilines is 1. The Labute approximate surface area is 145 Å². The summed E-state index contributed by atoms with van der Waals surface area (Å²) in [6, 6.07) is 4.90. The van der Waals surface area contributed by atoms with Gasteiger partial charge in [-0.1, -0.05) is 31.3 Å². The molecule has 0 fully saturated rings. The molecule has 0 spiro atoms. The van der Waals surface area contributed by atoms with E-state index in [1.807, 2.05) is 0 Å². The minimum Gasteiger partial charge on any atom is -0.300 e. The molecule has 1 N–H and O–H groups in total. The monoisotopic (exact) mass is 375 g/mol. The number of hydrogen-bond acceptors (Lipinski definition) is 5. The molecule has 4 nitrogen and oxygen atoms in total. The summed E-state index contributed by atoms with van der Waals surface area (Å²) in [5, 5.41) is 11.7. The van der Waals surface area contributed by atoms with Crippen LogP contribution in [0.1, 0.15) is 24.4 Å². The maximum atomic E-state index is 12.6. The Hall–Kier alpha value is -1.61.